The molecule has 94 valence electrons. The summed E-state index contributed by atoms with van der Waals surface area (Å²) < 4.78 is 0. The predicted octanol–water partition coefficient (Wildman–Crippen LogP) is 1.34. The SMILES string of the molecule is CSCCC(C)N(C)c1nccnc1C(=N)N. The van der Waals surface area contributed by atoms with Crippen LogP contribution in [0.5, 0.6) is 0 Å². The van der Waals surface area contributed by atoms with E-state index in [0.717, 1.165) is 12.2 Å². The molecule has 0 aromatic carbocycles. The van der Waals surface area contributed by atoms with Gasteiger partial charge in [-0.15, -0.1) is 0 Å². The maximum atomic E-state index is 7.49. The van der Waals surface area contributed by atoms with E-state index in [1.807, 2.05) is 23.7 Å². The molecule has 5 nitrogen and oxygen atoms in total. The summed E-state index contributed by atoms with van der Waals surface area (Å²) in [5.74, 6) is 1.73. The molecule has 0 saturated heterocycles. The molecule has 3 N–H and O–H groups in total. The van der Waals surface area contributed by atoms with Crippen molar-refractivity contribution < 1.29 is 0 Å². The molecule has 0 amide bonds. The molecule has 0 aliphatic carbocycles. The van der Waals surface area contributed by atoms with Crippen molar-refractivity contribution in [3.8, 4) is 0 Å². The molecule has 1 aromatic heterocycles. The number of rotatable bonds is 6. The largest absolute Gasteiger partial charge is 0.382 e. The highest BCUT2D eigenvalue weighted by molar-refractivity contribution is 7.98. The number of nitrogens with one attached hydrogen (secondary N) is 1. The fraction of sp³-hybridized carbons (Fsp3) is 0.545. The van der Waals surface area contributed by atoms with Gasteiger partial charge in [-0.25, -0.2) is 9.97 Å². The van der Waals surface area contributed by atoms with Crippen LogP contribution in [0.3, 0.4) is 0 Å². The van der Waals surface area contributed by atoms with Crippen LogP contribution < -0.4 is 10.6 Å². The summed E-state index contributed by atoms with van der Waals surface area (Å²) in [6, 6.07) is 0.345. The lowest BCUT2D eigenvalue weighted by Crippen LogP contribution is -2.32. The Labute approximate surface area is 106 Å². The Hall–Kier alpha value is -1.30. The van der Waals surface area contributed by atoms with E-state index in [1.54, 1.807) is 12.4 Å². The van der Waals surface area contributed by atoms with Gasteiger partial charge in [0, 0.05) is 25.5 Å². The molecular weight excluding hydrogens is 234 g/mol. The van der Waals surface area contributed by atoms with Crippen LogP contribution in [0.1, 0.15) is 19.0 Å². The number of thioether (sulfide) groups is 1. The van der Waals surface area contributed by atoms with Crippen LogP contribution in [-0.2, 0) is 0 Å². The Bertz CT molecular complexity index is 382. The summed E-state index contributed by atoms with van der Waals surface area (Å²) in [5, 5.41) is 7.49. The number of nitrogen functional groups attached to an aromatic ring is 1. The van der Waals surface area contributed by atoms with Gasteiger partial charge in [0.25, 0.3) is 0 Å². The third kappa shape index (κ3) is 3.59. The quantitative estimate of drug-likeness (QED) is 0.591. The zero-order valence-electron chi connectivity index (χ0n) is 10.5. The third-order valence-corrected chi connectivity index (χ3v) is 3.31. The van der Waals surface area contributed by atoms with E-state index in [2.05, 4.69) is 23.1 Å². The zero-order chi connectivity index (χ0) is 12.8. The number of nitrogens with zero attached hydrogens (tertiary/aromatic N) is 3. The van der Waals surface area contributed by atoms with Crippen molar-refractivity contribution in [1.29, 1.82) is 5.41 Å². The highest BCUT2D eigenvalue weighted by Crippen LogP contribution is 2.17. The van der Waals surface area contributed by atoms with Crippen LogP contribution in [0.2, 0.25) is 0 Å². The van der Waals surface area contributed by atoms with Gasteiger partial charge < -0.3 is 10.6 Å². The van der Waals surface area contributed by atoms with Crippen molar-refractivity contribution >= 4 is 23.4 Å². The number of hydrogen-bond acceptors (Lipinski definition) is 5. The monoisotopic (exact) mass is 253 g/mol. The lowest BCUT2D eigenvalue weighted by atomic mass is 10.2. The van der Waals surface area contributed by atoms with Crippen molar-refractivity contribution in [3.05, 3.63) is 18.1 Å². The minimum absolute atomic E-state index is 0.0444. The zero-order valence-corrected chi connectivity index (χ0v) is 11.3. The molecule has 0 saturated carbocycles. The second-order valence-electron chi connectivity index (χ2n) is 3.88. The van der Waals surface area contributed by atoms with Gasteiger partial charge in [0.05, 0.1) is 0 Å². The molecule has 0 radical (unpaired) electrons. The van der Waals surface area contributed by atoms with Crippen molar-refractivity contribution in [1.82, 2.24) is 9.97 Å². The Morgan fingerprint density at radius 3 is 2.76 bits per heavy atom. The molecule has 1 aromatic rings. The van der Waals surface area contributed by atoms with E-state index in [0.29, 0.717) is 17.6 Å². The number of aromatic nitrogens is 2. The summed E-state index contributed by atoms with van der Waals surface area (Å²) in [6.07, 6.45) is 6.34. The molecule has 0 aliphatic rings. The van der Waals surface area contributed by atoms with E-state index in [9.17, 15) is 0 Å². The fourth-order valence-corrected chi connectivity index (χ4v) is 2.05. The number of amidine groups is 1. The minimum Gasteiger partial charge on any atom is -0.382 e. The van der Waals surface area contributed by atoms with Crippen molar-refractivity contribution in [2.75, 3.05) is 24.0 Å². The highest BCUT2D eigenvalue weighted by atomic mass is 32.2. The highest BCUT2D eigenvalue weighted by Gasteiger charge is 2.16. The van der Waals surface area contributed by atoms with Crippen LogP contribution >= 0.6 is 11.8 Å². The number of nitrogens with two attached hydrogens (primary N) is 1. The molecule has 6 heteroatoms. The van der Waals surface area contributed by atoms with Crippen LogP contribution in [0.15, 0.2) is 12.4 Å². The van der Waals surface area contributed by atoms with Crippen molar-refractivity contribution in [2.24, 2.45) is 5.73 Å². The Kier molecular flexibility index (Phi) is 5.21. The van der Waals surface area contributed by atoms with Crippen molar-refractivity contribution in [3.63, 3.8) is 0 Å². The lowest BCUT2D eigenvalue weighted by molar-refractivity contribution is 0.660. The predicted molar refractivity (Wildman–Crippen MR) is 73.9 cm³/mol. The van der Waals surface area contributed by atoms with E-state index < -0.39 is 0 Å². The van der Waals surface area contributed by atoms with Gasteiger partial charge in [0.2, 0.25) is 0 Å². The number of hydrogen-bond donors (Lipinski definition) is 2. The Morgan fingerprint density at radius 1 is 1.53 bits per heavy atom. The summed E-state index contributed by atoms with van der Waals surface area (Å²) >= 11 is 1.82. The minimum atomic E-state index is -0.0444. The first-order valence-corrected chi connectivity index (χ1v) is 6.84. The van der Waals surface area contributed by atoms with Gasteiger partial charge >= 0.3 is 0 Å². The molecule has 1 unspecified atom stereocenters. The van der Waals surface area contributed by atoms with Crippen LogP contribution in [-0.4, -0.2) is 40.9 Å². The number of anilines is 1. The first-order chi connectivity index (χ1) is 8.07. The second-order valence-corrected chi connectivity index (χ2v) is 4.87. The van der Waals surface area contributed by atoms with Crippen LogP contribution in [0.4, 0.5) is 5.82 Å². The molecule has 0 bridgehead atoms. The van der Waals surface area contributed by atoms with Crippen molar-refractivity contribution in [2.45, 2.75) is 19.4 Å². The van der Waals surface area contributed by atoms with Gasteiger partial charge in [-0.2, -0.15) is 11.8 Å². The Balaban J connectivity index is 2.87. The smallest absolute Gasteiger partial charge is 0.158 e. The van der Waals surface area contributed by atoms with E-state index in [4.69, 9.17) is 11.1 Å². The maximum absolute atomic E-state index is 7.49. The first kappa shape index (κ1) is 13.8. The van der Waals surface area contributed by atoms with Gasteiger partial charge in [-0.05, 0) is 25.4 Å². The standard InChI is InChI=1S/C11H19N5S/c1-8(4-7-17-3)16(2)11-9(10(12)13)14-5-6-15-11/h5-6,8H,4,7H2,1-3H3,(H3,12,13). The van der Waals surface area contributed by atoms with Gasteiger partial charge in [0.15, 0.2) is 5.82 Å². The third-order valence-electron chi connectivity index (χ3n) is 2.67. The molecule has 1 rings (SSSR count). The van der Waals surface area contributed by atoms with Gasteiger partial charge in [-0.1, -0.05) is 0 Å². The summed E-state index contributed by atoms with van der Waals surface area (Å²) in [4.78, 5) is 10.4. The van der Waals surface area contributed by atoms with Gasteiger partial charge in [-0.3, -0.25) is 5.41 Å². The molecule has 0 fully saturated rings. The molecule has 17 heavy (non-hydrogen) atoms. The fourth-order valence-electron chi connectivity index (χ4n) is 1.47. The topological polar surface area (TPSA) is 78.9 Å². The van der Waals surface area contributed by atoms with E-state index in [1.165, 1.54) is 0 Å². The normalized spacial score (nSPS) is 12.2. The molecule has 1 heterocycles. The van der Waals surface area contributed by atoms with Gasteiger partial charge in [0.1, 0.15) is 11.5 Å². The summed E-state index contributed by atoms with van der Waals surface area (Å²) in [6.45, 7) is 2.13. The average molecular weight is 253 g/mol. The molecule has 0 aliphatic heterocycles. The van der Waals surface area contributed by atoms with Crippen LogP contribution in [0, 0.1) is 5.41 Å². The van der Waals surface area contributed by atoms with E-state index in [-0.39, 0.29) is 5.84 Å². The molecule has 1 atom stereocenters. The lowest BCUT2D eigenvalue weighted by Gasteiger charge is -2.26. The molecule has 0 spiro atoms. The summed E-state index contributed by atoms with van der Waals surface area (Å²) in [5.41, 5.74) is 5.95. The average Bonchev–Trinajstić information content (AvgIpc) is 2.34. The first-order valence-electron chi connectivity index (χ1n) is 5.45. The molecular formula is C11H19N5S. The summed E-state index contributed by atoms with van der Waals surface area (Å²) in [7, 11) is 1.96. The Morgan fingerprint density at radius 2 is 2.18 bits per heavy atom. The van der Waals surface area contributed by atoms with E-state index >= 15 is 0 Å². The second kappa shape index (κ2) is 6.44. The maximum Gasteiger partial charge on any atom is 0.158 e. The van der Waals surface area contributed by atoms with Crippen LogP contribution in [0.25, 0.3) is 0 Å².